The summed E-state index contributed by atoms with van der Waals surface area (Å²) in [5.41, 5.74) is 9.04. The summed E-state index contributed by atoms with van der Waals surface area (Å²) < 4.78 is 5.55. The molecule has 1 amide bonds. The summed E-state index contributed by atoms with van der Waals surface area (Å²) >= 11 is 0. The number of nitrogens with one attached hydrogen (secondary N) is 1. The van der Waals surface area contributed by atoms with Crippen LogP contribution in [0.4, 0.5) is 11.4 Å². The van der Waals surface area contributed by atoms with Gasteiger partial charge in [0.15, 0.2) is 0 Å². The van der Waals surface area contributed by atoms with Crippen LogP contribution in [0.15, 0.2) is 42.5 Å². The maximum Gasteiger partial charge on any atom is 0.228 e. The van der Waals surface area contributed by atoms with Gasteiger partial charge >= 0.3 is 0 Å². The predicted molar refractivity (Wildman–Crippen MR) is 85.5 cm³/mol. The molecule has 0 spiro atoms. The first-order chi connectivity index (χ1) is 10.1. The van der Waals surface area contributed by atoms with Crippen molar-refractivity contribution in [3.8, 4) is 5.75 Å². The fourth-order valence-electron chi connectivity index (χ4n) is 2.09. The maximum atomic E-state index is 12.1. The quantitative estimate of drug-likeness (QED) is 0.829. The SMILES string of the molecule is CCOc1cc(C)ccc1NC(=O)Cc1cccc(N)c1. The summed E-state index contributed by atoms with van der Waals surface area (Å²) in [6.45, 7) is 4.46. The molecular formula is C17H20N2O2. The van der Waals surface area contributed by atoms with Gasteiger partial charge in [0.2, 0.25) is 5.91 Å². The normalized spacial score (nSPS) is 10.2. The molecule has 0 radical (unpaired) electrons. The van der Waals surface area contributed by atoms with Crippen LogP contribution < -0.4 is 15.8 Å². The fraction of sp³-hybridized carbons (Fsp3) is 0.235. The number of anilines is 2. The first-order valence-electron chi connectivity index (χ1n) is 6.96. The first-order valence-corrected chi connectivity index (χ1v) is 6.96. The van der Waals surface area contributed by atoms with E-state index in [1.807, 2.05) is 44.2 Å². The van der Waals surface area contributed by atoms with Crippen molar-refractivity contribution in [3.05, 3.63) is 53.6 Å². The zero-order chi connectivity index (χ0) is 15.2. The number of carbonyl (C=O) groups is 1. The van der Waals surface area contributed by atoms with E-state index in [0.717, 1.165) is 11.1 Å². The Hall–Kier alpha value is -2.49. The molecule has 0 fully saturated rings. The molecule has 2 rings (SSSR count). The number of amides is 1. The summed E-state index contributed by atoms with van der Waals surface area (Å²) in [5, 5.41) is 2.89. The monoisotopic (exact) mass is 284 g/mol. The van der Waals surface area contributed by atoms with Crippen molar-refractivity contribution >= 4 is 17.3 Å². The molecule has 0 heterocycles. The van der Waals surface area contributed by atoms with Crippen LogP contribution in [-0.2, 0) is 11.2 Å². The zero-order valence-corrected chi connectivity index (χ0v) is 12.3. The molecule has 4 heteroatoms. The van der Waals surface area contributed by atoms with Gasteiger partial charge in [-0.3, -0.25) is 4.79 Å². The third-order valence-electron chi connectivity index (χ3n) is 3.03. The first kappa shape index (κ1) is 14.9. The molecule has 0 bridgehead atoms. The Morgan fingerprint density at radius 2 is 2.05 bits per heavy atom. The molecule has 0 aliphatic rings. The number of aryl methyl sites for hydroxylation is 1. The average molecular weight is 284 g/mol. The van der Waals surface area contributed by atoms with Crippen molar-refractivity contribution in [1.29, 1.82) is 0 Å². The Morgan fingerprint density at radius 1 is 1.24 bits per heavy atom. The summed E-state index contributed by atoms with van der Waals surface area (Å²) in [6.07, 6.45) is 0.282. The predicted octanol–water partition coefficient (Wildman–Crippen LogP) is 3.16. The van der Waals surface area contributed by atoms with Gasteiger partial charge in [-0.15, -0.1) is 0 Å². The van der Waals surface area contributed by atoms with Crippen LogP contribution in [0.2, 0.25) is 0 Å². The van der Waals surface area contributed by atoms with E-state index in [4.69, 9.17) is 10.5 Å². The van der Waals surface area contributed by atoms with E-state index in [0.29, 0.717) is 23.7 Å². The van der Waals surface area contributed by atoms with Gasteiger partial charge in [-0.25, -0.2) is 0 Å². The summed E-state index contributed by atoms with van der Waals surface area (Å²) in [4.78, 5) is 12.1. The van der Waals surface area contributed by atoms with E-state index < -0.39 is 0 Å². The highest BCUT2D eigenvalue weighted by atomic mass is 16.5. The highest BCUT2D eigenvalue weighted by Crippen LogP contribution is 2.26. The molecule has 0 saturated heterocycles. The fourth-order valence-corrected chi connectivity index (χ4v) is 2.09. The highest BCUT2D eigenvalue weighted by Gasteiger charge is 2.09. The van der Waals surface area contributed by atoms with Crippen molar-refractivity contribution in [2.75, 3.05) is 17.7 Å². The lowest BCUT2D eigenvalue weighted by Crippen LogP contribution is -2.15. The zero-order valence-electron chi connectivity index (χ0n) is 12.3. The molecule has 3 N–H and O–H groups in total. The van der Waals surface area contributed by atoms with Crippen LogP contribution in [0.1, 0.15) is 18.1 Å². The molecule has 0 aliphatic carbocycles. The number of nitrogen functional groups attached to an aromatic ring is 1. The van der Waals surface area contributed by atoms with E-state index in [-0.39, 0.29) is 12.3 Å². The molecular weight excluding hydrogens is 264 g/mol. The van der Waals surface area contributed by atoms with Crippen LogP contribution in [0.25, 0.3) is 0 Å². The molecule has 0 aliphatic heterocycles. The summed E-state index contributed by atoms with van der Waals surface area (Å²) in [5.74, 6) is 0.601. The van der Waals surface area contributed by atoms with Crippen LogP contribution in [-0.4, -0.2) is 12.5 Å². The number of hydrogen-bond donors (Lipinski definition) is 2. The molecule has 110 valence electrons. The van der Waals surface area contributed by atoms with Crippen molar-refractivity contribution in [2.24, 2.45) is 0 Å². The van der Waals surface area contributed by atoms with Crippen molar-refractivity contribution in [2.45, 2.75) is 20.3 Å². The van der Waals surface area contributed by atoms with Crippen molar-refractivity contribution in [3.63, 3.8) is 0 Å². The maximum absolute atomic E-state index is 12.1. The lowest BCUT2D eigenvalue weighted by Gasteiger charge is -2.12. The van der Waals surface area contributed by atoms with Gasteiger partial charge in [-0.2, -0.15) is 0 Å². The van der Waals surface area contributed by atoms with Gasteiger partial charge in [0, 0.05) is 5.69 Å². The van der Waals surface area contributed by atoms with Gasteiger partial charge in [-0.1, -0.05) is 18.2 Å². The smallest absolute Gasteiger partial charge is 0.228 e. The molecule has 0 unspecified atom stereocenters. The Bertz CT molecular complexity index is 638. The average Bonchev–Trinajstić information content (AvgIpc) is 2.42. The van der Waals surface area contributed by atoms with Crippen LogP contribution >= 0.6 is 0 Å². The molecule has 0 aromatic heterocycles. The van der Waals surface area contributed by atoms with Crippen molar-refractivity contribution < 1.29 is 9.53 Å². The minimum atomic E-state index is -0.0922. The van der Waals surface area contributed by atoms with Gasteiger partial charge in [0.05, 0.1) is 18.7 Å². The second-order valence-corrected chi connectivity index (χ2v) is 4.90. The third kappa shape index (κ3) is 4.24. The molecule has 0 atom stereocenters. The summed E-state index contributed by atoms with van der Waals surface area (Å²) in [7, 11) is 0. The number of nitrogens with two attached hydrogens (primary N) is 1. The Kier molecular flexibility index (Phi) is 4.82. The summed E-state index contributed by atoms with van der Waals surface area (Å²) in [6, 6.07) is 13.0. The second kappa shape index (κ2) is 6.79. The second-order valence-electron chi connectivity index (χ2n) is 4.90. The number of carbonyl (C=O) groups excluding carboxylic acids is 1. The number of ether oxygens (including phenoxy) is 1. The molecule has 21 heavy (non-hydrogen) atoms. The third-order valence-corrected chi connectivity index (χ3v) is 3.03. The standard InChI is InChI=1S/C17H20N2O2/c1-3-21-16-9-12(2)7-8-15(16)19-17(20)11-13-5-4-6-14(18)10-13/h4-10H,3,11,18H2,1-2H3,(H,19,20). The minimum absolute atomic E-state index is 0.0922. The van der Waals surface area contributed by atoms with Crippen LogP contribution in [0.5, 0.6) is 5.75 Å². The largest absolute Gasteiger partial charge is 0.492 e. The van der Waals surface area contributed by atoms with Gasteiger partial charge in [0.1, 0.15) is 5.75 Å². The molecule has 2 aromatic carbocycles. The number of rotatable bonds is 5. The minimum Gasteiger partial charge on any atom is -0.492 e. The number of benzene rings is 2. The molecule has 4 nitrogen and oxygen atoms in total. The topological polar surface area (TPSA) is 64.3 Å². The van der Waals surface area contributed by atoms with E-state index in [2.05, 4.69) is 5.32 Å². The number of hydrogen-bond acceptors (Lipinski definition) is 3. The Morgan fingerprint density at radius 3 is 2.76 bits per heavy atom. The van der Waals surface area contributed by atoms with E-state index >= 15 is 0 Å². The Labute approximate surface area is 124 Å². The lowest BCUT2D eigenvalue weighted by atomic mass is 10.1. The van der Waals surface area contributed by atoms with Gasteiger partial charge < -0.3 is 15.8 Å². The van der Waals surface area contributed by atoms with Crippen LogP contribution in [0.3, 0.4) is 0 Å². The van der Waals surface area contributed by atoms with E-state index in [1.165, 1.54) is 0 Å². The molecule has 0 saturated carbocycles. The highest BCUT2D eigenvalue weighted by molar-refractivity contribution is 5.93. The van der Waals surface area contributed by atoms with E-state index in [9.17, 15) is 4.79 Å². The lowest BCUT2D eigenvalue weighted by molar-refractivity contribution is -0.115. The van der Waals surface area contributed by atoms with Crippen LogP contribution in [0, 0.1) is 6.92 Å². The van der Waals surface area contributed by atoms with Crippen molar-refractivity contribution in [1.82, 2.24) is 0 Å². The Balaban J connectivity index is 2.09. The molecule has 2 aromatic rings. The van der Waals surface area contributed by atoms with Gasteiger partial charge in [-0.05, 0) is 49.2 Å². The van der Waals surface area contributed by atoms with E-state index in [1.54, 1.807) is 12.1 Å². The van der Waals surface area contributed by atoms with Gasteiger partial charge in [0.25, 0.3) is 0 Å².